The van der Waals surface area contributed by atoms with E-state index in [0.29, 0.717) is 12.6 Å². The Kier molecular flexibility index (Phi) is 4.63. The van der Waals surface area contributed by atoms with Gasteiger partial charge in [0.2, 0.25) is 0 Å². The molecule has 2 aromatic rings. The molecule has 1 aliphatic heterocycles. The third-order valence-corrected chi connectivity index (χ3v) is 6.44. The predicted octanol–water partition coefficient (Wildman–Crippen LogP) is 2.99. The third-order valence-electron chi connectivity index (χ3n) is 6.44. The van der Waals surface area contributed by atoms with Gasteiger partial charge in [0.15, 0.2) is 0 Å². The van der Waals surface area contributed by atoms with Gasteiger partial charge in [-0.1, -0.05) is 11.6 Å². The zero-order valence-corrected chi connectivity index (χ0v) is 15.9. The van der Waals surface area contributed by atoms with Crippen molar-refractivity contribution in [2.24, 2.45) is 0 Å². The van der Waals surface area contributed by atoms with E-state index in [-0.39, 0.29) is 17.3 Å². The number of aryl methyl sites for hydroxylation is 1. The predicted molar refractivity (Wildman–Crippen MR) is 103 cm³/mol. The fraction of sp³-hybridized carbons (Fsp3) is 0.571. The molecule has 5 heteroatoms. The first-order valence-electron chi connectivity index (χ1n) is 9.49. The van der Waals surface area contributed by atoms with Crippen molar-refractivity contribution >= 4 is 10.9 Å². The molecule has 1 aliphatic carbocycles. The van der Waals surface area contributed by atoms with E-state index in [1.54, 1.807) is 7.11 Å². The lowest BCUT2D eigenvalue weighted by atomic mass is 9.79. The largest absolute Gasteiger partial charge is 0.381 e. The molecule has 1 saturated heterocycles. The monoisotopic (exact) mass is 356 g/mol. The van der Waals surface area contributed by atoms with Crippen LogP contribution in [0.25, 0.3) is 10.9 Å². The number of aromatic nitrogens is 1. The molecule has 4 rings (SSSR count). The van der Waals surface area contributed by atoms with Gasteiger partial charge in [-0.15, -0.1) is 0 Å². The lowest BCUT2D eigenvalue weighted by Crippen LogP contribution is -2.51. The smallest absolute Gasteiger partial charge is 0.252 e. The molecule has 1 aromatic heterocycles. The van der Waals surface area contributed by atoms with Crippen LogP contribution in [0.15, 0.2) is 29.1 Å². The van der Waals surface area contributed by atoms with E-state index < -0.39 is 0 Å². The third kappa shape index (κ3) is 2.98. The summed E-state index contributed by atoms with van der Waals surface area (Å²) in [6.07, 6.45) is 4.34. The Morgan fingerprint density at radius 3 is 2.88 bits per heavy atom. The van der Waals surface area contributed by atoms with Crippen molar-refractivity contribution in [2.45, 2.75) is 56.9 Å². The van der Waals surface area contributed by atoms with E-state index in [1.807, 2.05) is 25.3 Å². The molecule has 0 bridgehead atoms. The van der Waals surface area contributed by atoms with Crippen LogP contribution in [0.1, 0.15) is 36.8 Å². The Labute approximate surface area is 154 Å². The van der Waals surface area contributed by atoms with Crippen LogP contribution in [0, 0.1) is 6.92 Å². The van der Waals surface area contributed by atoms with Crippen molar-refractivity contribution in [3.05, 3.63) is 45.7 Å². The van der Waals surface area contributed by atoms with E-state index in [4.69, 9.17) is 9.47 Å². The zero-order valence-electron chi connectivity index (χ0n) is 15.9. The van der Waals surface area contributed by atoms with Gasteiger partial charge < -0.3 is 14.5 Å². The highest BCUT2D eigenvalue weighted by Crippen LogP contribution is 2.43. The summed E-state index contributed by atoms with van der Waals surface area (Å²) in [7, 11) is 3.62. The van der Waals surface area contributed by atoms with Crippen LogP contribution in [0.4, 0.5) is 0 Å². The van der Waals surface area contributed by atoms with Gasteiger partial charge in [0, 0.05) is 44.4 Å². The number of nitrogens with one attached hydrogen (secondary N) is 1. The van der Waals surface area contributed by atoms with Gasteiger partial charge in [0.25, 0.3) is 5.56 Å². The van der Waals surface area contributed by atoms with Crippen molar-refractivity contribution in [1.29, 1.82) is 0 Å². The minimum atomic E-state index is -0.0881. The average Bonchev–Trinajstić information content (AvgIpc) is 3.01. The van der Waals surface area contributed by atoms with Gasteiger partial charge in [-0.2, -0.15) is 0 Å². The first kappa shape index (κ1) is 17.7. The van der Waals surface area contributed by atoms with Crippen molar-refractivity contribution in [2.75, 3.05) is 20.8 Å². The molecule has 2 heterocycles. The Morgan fingerprint density at radius 2 is 2.12 bits per heavy atom. The average molecular weight is 356 g/mol. The molecule has 5 nitrogen and oxygen atoms in total. The number of H-pyrrole nitrogens is 1. The number of ether oxygens (including phenoxy) is 2. The number of fused-ring (bicyclic) bond motifs is 2. The number of hydrogen-bond acceptors (Lipinski definition) is 4. The minimum Gasteiger partial charge on any atom is -0.381 e. The second-order valence-electron chi connectivity index (χ2n) is 7.85. The molecule has 1 N–H and O–H groups in total. The van der Waals surface area contributed by atoms with Crippen LogP contribution < -0.4 is 5.56 Å². The van der Waals surface area contributed by atoms with Gasteiger partial charge in [0.1, 0.15) is 0 Å². The summed E-state index contributed by atoms with van der Waals surface area (Å²) in [4.78, 5) is 18.1. The second-order valence-corrected chi connectivity index (χ2v) is 7.85. The molecule has 140 valence electrons. The Bertz CT molecular complexity index is 862. The normalized spacial score (nSPS) is 29.2. The number of rotatable bonds is 4. The highest BCUT2D eigenvalue weighted by molar-refractivity contribution is 5.79. The van der Waals surface area contributed by atoms with E-state index in [2.05, 4.69) is 22.9 Å². The standard InChI is InChI=1S/C21H28N2O3/c1-14-4-5-18-15(10-14)11-16(20(24)22-18)13-23-9-8-21(26-3)7-6-17(25-2)12-19(21)23/h4-5,10-11,17,19H,6-9,12-13H2,1-3H3,(H,22,24)/t17-,19-,21+/m0/s1. The first-order valence-corrected chi connectivity index (χ1v) is 9.49. The molecular formula is C21H28N2O3. The molecular weight excluding hydrogens is 328 g/mol. The number of pyridine rings is 1. The molecule has 0 unspecified atom stereocenters. The summed E-state index contributed by atoms with van der Waals surface area (Å²) in [6, 6.07) is 8.48. The lowest BCUT2D eigenvalue weighted by Gasteiger charge is -2.43. The zero-order chi connectivity index (χ0) is 18.3. The quantitative estimate of drug-likeness (QED) is 0.915. The van der Waals surface area contributed by atoms with E-state index >= 15 is 0 Å². The van der Waals surface area contributed by atoms with Crippen molar-refractivity contribution < 1.29 is 9.47 Å². The molecule has 3 atom stereocenters. The number of nitrogens with zero attached hydrogens (tertiary/aromatic N) is 1. The lowest BCUT2D eigenvalue weighted by molar-refractivity contribution is -0.0947. The minimum absolute atomic E-state index is 0.00960. The first-order chi connectivity index (χ1) is 12.5. The maximum Gasteiger partial charge on any atom is 0.252 e. The van der Waals surface area contributed by atoms with Crippen LogP contribution in [-0.4, -0.2) is 48.4 Å². The fourth-order valence-electron chi connectivity index (χ4n) is 4.87. The van der Waals surface area contributed by atoms with Crippen LogP contribution in [0.3, 0.4) is 0 Å². The number of aromatic amines is 1. The fourth-order valence-corrected chi connectivity index (χ4v) is 4.87. The van der Waals surface area contributed by atoms with Crippen LogP contribution in [0.2, 0.25) is 0 Å². The van der Waals surface area contributed by atoms with E-state index in [9.17, 15) is 4.79 Å². The number of benzene rings is 1. The van der Waals surface area contributed by atoms with E-state index in [0.717, 1.165) is 48.7 Å². The summed E-state index contributed by atoms with van der Waals surface area (Å²) in [6.45, 7) is 3.69. The summed E-state index contributed by atoms with van der Waals surface area (Å²) in [5.41, 5.74) is 2.85. The summed E-state index contributed by atoms with van der Waals surface area (Å²) >= 11 is 0. The molecule has 1 saturated carbocycles. The van der Waals surface area contributed by atoms with Crippen molar-refractivity contribution in [3.63, 3.8) is 0 Å². The van der Waals surface area contributed by atoms with Crippen LogP contribution >= 0.6 is 0 Å². The second kappa shape index (κ2) is 6.80. The molecule has 2 fully saturated rings. The molecule has 0 radical (unpaired) electrons. The summed E-state index contributed by atoms with van der Waals surface area (Å²) < 4.78 is 11.6. The van der Waals surface area contributed by atoms with Crippen LogP contribution in [0.5, 0.6) is 0 Å². The molecule has 2 aliphatic rings. The maximum absolute atomic E-state index is 12.6. The number of likely N-dealkylation sites (tertiary alicyclic amines) is 1. The highest BCUT2D eigenvalue weighted by Gasteiger charge is 2.51. The molecule has 1 aromatic carbocycles. The Morgan fingerprint density at radius 1 is 1.27 bits per heavy atom. The molecule has 0 spiro atoms. The van der Waals surface area contributed by atoms with Crippen LogP contribution in [-0.2, 0) is 16.0 Å². The Balaban J connectivity index is 1.63. The topological polar surface area (TPSA) is 54.6 Å². The highest BCUT2D eigenvalue weighted by atomic mass is 16.5. The molecule has 26 heavy (non-hydrogen) atoms. The molecule has 0 amide bonds. The van der Waals surface area contributed by atoms with Crippen molar-refractivity contribution in [3.8, 4) is 0 Å². The van der Waals surface area contributed by atoms with Gasteiger partial charge >= 0.3 is 0 Å². The van der Waals surface area contributed by atoms with Gasteiger partial charge in [-0.25, -0.2) is 0 Å². The summed E-state index contributed by atoms with van der Waals surface area (Å²) in [5.74, 6) is 0. The SMILES string of the molecule is CO[C@H]1CC[C@@]2(OC)CCN(Cc3cc4cc(C)ccc4[nH]c3=O)[C@H]2C1. The maximum atomic E-state index is 12.6. The van der Waals surface area contributed by atoms with Gasteiger partial charge in [-0.05, 0) is 56.2 Å². The number of hydrogen-bond donors (Lipinski definition) is 1. The number of methoxy groups -OCH3 is 2. The summed E-state index contributed by atoms with van der Waals surface area (Å²) in [5, 5.41) is 1.09. The Hall–Kier alpha value is -1.69. The van der Waals surface area contributed by atoms with Gasteiger partial charge in [-0.3, -0.25) is 9.69 Å². The van der Waals surface area contributed by atoms with Gasteiger partial charge in [0.05, 0.1) is 11.7 Å². The van der Waals surface area contributed by atoms with Crippen molar-refractivity contribution in [1.82, 2.24) is 9.88 Å². The van der Waals surface area contributed by atoms with E-state index in [1.165, 1.54) is 5.56 Å².